The van der Waals surface area contributed by atoms with Gasteiger partial charge >= 0.3 is 0 Å². The van der Waals surface area contributed by atoms with Gasteiger partial charge in [-0.15, -0.1) is 0 Å². The summed E-state index contributed by atoms with van der Waals surface area (Å²) in [4.78, 5) is 4.80. The van der Waals surface area contributed by atoms with E-state index in [9.17, 15) is 5.11 Å². The van der Waals surface area contributed by atoms with E-state index < -0.39 is 0 Å². The molecule has 0 aromatic heterocycles. The van der Waals surface area contributed by atoms with E-state index in [-0.39, 0.29) is 6.10 Å². The van der Waals surface area contributed by atoms with Crippen molar-refractivity contribution in [3.63, 3.8) is 0 Å². The summed E-state index contributed by atoms with van der Waals surface area (Å²) in [6.45, 7) is 7.63. The lowest BCUT2D eigenvalue weighted by atomic mass is 10.0. The Morgan fingerprint density at radius 1 is 1.35 bits per heavy atom. The van der Waals surface area contributed by atoms with Crippen LogP contribution >= 0.6 is 0 Å². The molecule has 0 spiro atoms. The molecule has 0 amide bonds. The van der Waals surface area contributed by atoms with Crippen molar-refractivity contribution in [2.75, 3.05) is 33.7 Å². The molecule has 1 aliphatic rings. The molecule has 0 saturated carbocycles. The SMILES string of the molecule is Cc1cccc(C(O)CCN2CC(C)C(N(C)C)C2)c1. The van der Waals surface area contributed by atoms with Crippen LogP contribution in [0.25, 0.3) is 0 Å². The zero-order valence-electron chi connectivity index (χ0n) is 13.2. The molecule has 0 radical (unpaired) electrons. The van der Waals surface area contributed by atoms with E-state index in [1.165, 1.54) is 5.56 Å². The third-order valence-electron chi connectivity index (χ3n) is 4.46. The zero-order chi connectivity index (χ0) is 14.7. The lowest BCUT2D eigenvalue weighted by Crippen LogP contribution is -2.34. The van der Waals surface area contributed by atoms with E-state index in [2.05, 4.69) is 49.9 Å². The van der Waals surface area contributed by atoms with Crippen molar-refractivity contribution >= 4 is 0 Å². The molecular weight excluding hydrogens is 248 g/mol. The average molecular weight is 276 g/mol. The Morgan fingerprint density at radius 3 is 2.70 bits per heavy atom. The van der Waals surface area contributed by atoms with Gasteiger partial charge < -0.3 is 14.9 Å². The van der Waals surface area contributed by atoms with Gasteiger partial charge in [0.1, 0.15) is 0 Å². The van der Waals surface area contributed by atoms with Crippen molar-refractivity contribution in [2.45, 2.75) is 32.4 Å². The fraction of sp³-hybridized carbons (Fsp3) is 0.647. The quantitative estimate of drug-likeness (QED) is 0.894. The Hall–Kier alpha value is -0.900. The van der Waals surface area contributed by atoms with Crippen molar-refractivity contribution < 1.29 is 5.11 Å². The monoisotopic (exact) mass is 276 g/mol. The summed E-state index contributed by atoms with van der Waals surface area (Å²) in [7, 11) is 4.32. The topological polar surface area (TPSA) is 26.7 Å². The van der Waals surface area contributed by atoms with Crippen molar-refractivity contribution in [3.05, 3.63) is 35.4 Å². The smallest absolute Gasteiger partial charge is 0.0802 e. The van der Waals surface area contributed by atoms with Gasteiger partial charge in [0, 0.05) is 25.7 Å². The summed E-state index contributed by atoms with van der Waals surface area (Å²) in [5, 5.41) is 10.3. The molecule has 1 aromatic carbocycles. The molecule has 2 rings (SSSR count). The normalized spacial score (nSPS) is 25.3. The average Bonchev–Trinajstić information content (AvgIpc) is 2.77. The first kappa shape index (κ1) is 15.5. The van der Waals surface area contributed by atoms with Crippen molar-refractivity contribution in [2.24, 2.45) is 5.92 Å². The number of rotatable bonds is 5. The Balaban J connectivity index is 1.84. The number of hydrogen-bond acceptors (Lipinski definition) is 3. The maximum atomic E-state index is 10.3. The molecule has 1 N–H and O–H groups in total. The predicted molar refractivity (Wildman–Crippen MR) is 83.8 cm³/mol. The fourth-order valence-corrected chi connectivity index (χ4v) is 3.25. The number of aliphatic hydroxyl groups excluding tert-OH is 1. The number of aliphatic hydroxyl groups is 1. The van der Waals surface area contributed by atoms with Gasteiger partial charge in [-0.25, -0.2) is 0 Å². The van der Waals surface area contributed by atoms with Crippen molar-refractivity contribution in [1.82, 2.24) is 9.80 Å². The molecule has 1 fully saturated rings. The van der Waals surface area contributed by atoms with Gasteiger partial charge in [0.25, 0.3) is 0 Å². The van der Waals surface area contributed by atoms with Crippen LogP contribution in [0.4, 0.5) is 0 Å². The highest BCUT2D eigenvalue weighted by atomic mass is 16.3. The maximum absolute atomic E-state index is 10.3. The Labute approximate surface area is 123 Å². The minimum absolute atomic E-state index is 0.344. The minimum Gasteiger partial charge on any atom is -0.388 e. The second-order valence-electron chi connectivity index (χ2n) is 6.49. The van der Waals surface area contributed by atoms with E-state index in [0.29, 0.717) is 12.0 Å². The first-order valence-electron chi connectivity index (χ1n) is 7.60. The molecule has 0 aliphatic carbocycles. The number of benzene rings is 1. The standard InChI is InChI=1S/C17H28N2O/c1-13-6-5-7-15(10-13)17(20)8-9-19-11-14(2)16(12-19)18(3)4/h5-7,10,14,16-17,20H,8-9,11-12H2,1-4H3. The maximum Gasteiger partial charge on any atom is 0.0802 e. The van der Waals surface area contributed by atoms with E-state index in [1.54, 1.807) is 0 Å². The summed E-state index contributed by atoms with van der Waals surface area (Å²) in [6.07, 6.45) is 0.472. The van der Waals surface area contributed by atoms with Crippen LogP contribution < -0.4 is 0 Å². The molecule has 112 valence electrons. The molecule has 1 aromatic rings. The first-order valence-corrected chi connectivity index (χ1v) is 7.60. The van der Waals surface area contributed by atoms with Crippen LogP contribution in [0.5, 0.6) is 0 Å². The van der Waals surface area contributed by atoms with Gasteiger partial charge in [-0.05, 0) is 38.9 Å². The van der Waals surface area contributed by atoms with Crippen LogP contribution in [-0.4, -0.2) is 54.7 Å². The van der Waals surface area contributed by atoms with Crippen molar-refractivity contribution in [1.29, 1.82) is 0 Å². The highest BCUT2D eigenvalue weighted by Crippen LogP contribution is 2.23. The van der Waals surface area contributed by atoms with Crippen LogP contribution in [0.2, 0.25) is 0 Å². The Bertz CT molecular complexity index is 433. The molecule has 3 unspecified atom stereocenters. The third-order valence-corrected chi connectivity index (χ3v) is 4.46. The number of likely N-dealkylation sites (tertiary alicyclic amines) is 1. The highest BCUT2D eigenvalue weighted by molar-refractivity contribution is 5.23. The van der Waals surface area contributed by atoms with Gasteiger partial charge in [-0.3, -0.25) is 0 Å². The molecule has 1 aliphatic heterocycles. The van der Waals surface area contributed by atoms with Crippen molar-refractivity contribution in [3.8, 4) is 0 Å². The molecule has 3 heteroatoms. The van der Waals surface area contributed by atoms with Crippen LogP contribution in [0.3, 0.4) is 0 Å². The number of likely N-dealkylation sites (N-methyl/N-ethyl adjacent to an activating group) is 1. The number of aryl methyl sites for hydroxylation is 1. The van der Waals surface area contributed by atoms with Gasteiger partial charge in [0.2, 0.25) is 0 Å². The zero-order valence-corrected chi connectivity index (χ0v) is 13.2. The van der Waals surface area contributed by atoms with Crippen LogP contribution in [0.1, 0.15) is 30.6 Å². The molecular formula is C17H28N2O. The predicted octanol–water partition coefficient (Wildman–Crippen LogP) is 2.30. The number of nitrogens with zero attached hydrogens (tertiary/aromatic N) is 2. The van der Waals surface area contributed by atoms with Crippen LogP contribution in [-0.2, 0) is 0 Å². The van der Waals surface area contributed by atoms with Gasteiger partial charge in [-0.2, -0.15) is 0 Å². The molecule has 1 heterocycles. The highest BCUT2D eigenvalue weighted by Gasteiger charge is 2.30. The molecule has 20 heavy (non-hydrogen) atoms. The van der Waals surface area contributed by atoms with E-state index in [1.807, 2.05) is 12.1 Å². The molecule has 3 atom stereocenters. The minimum atomic E-state index is -0.344. The summed E-state index contributed by atoms with van der Waals surface area (Å²) in [6, 6.07) is 8.84. The second kappa shape index (κ2) is 6.70. The second-order valence-corrected chi connectivity index (χ2v) is 6.49. The van der Waals surface area contributed by atoms with Gasteiger partial charge in [0.05, 0.1) is 6.10 Å². The summed E-state index contributed by atoms with van der Waals surface area (Å²) in [5.41, 5.74) is 2.26. The molecule has 1 saturated heterocycles. The lowest BCUT2D eigenvalue weighted by Gasteiger charge is -2.23. The largest absolute Gasteiger partial charge is 0.388 e. The third kappa shape index (κ3) is 3.81. The van der Waals surface area contributed by atoms with Crippen LogP contribution in [0, 0.1) is 12.8 Å². The summed E-state index contributed by atoms with van der Waals surface area (Å²) < 4.78 is 0. The number of hydrogen-bond donors (Lipinski definition) is 1. The summed E-state index contributed by atoms with van der Waals surface area (Å²) in [5.74, 6) is 0.709. The van der Waals surface area contributed by atoms with E-state index in [4.69, 9.17) is 0 Å². The molecule has 3 nitrogen and oxygen atoms in total. The van der Waals surface area contributed by atoms with Gasteiger partial charge in [-0.1, -0.05) is 36.8 Å². The Morgan fingerprint density at radius 2 is 2.10 bits per heavy atom. The lowest BCUT2D eigenvalue weighted by molar-refractivity contribution is 0.146. The van der Waals surface area contributed by atoms with E-state index >= 15 is 0 Å². The molecule has 0 bridgehead atoms. The Kier molecular flexibility index (Phi) is 5.19. The van der Waals surface area contributed by atoms with Crippen LogP contribution in [0.15, 0.2) is 24.3 Å². The van der Waals surface area contributed by atoms with Gasteiger partial charge in [0.15, 0.2) is 0 Å². The fourth-order valence-electron chi connectivity index (χ4n) is 3.25. The van der Waals surface area contributed by atoms with E-state index in [0.717, 1.165) is 31.6 Å². The summed E-state index contributed by atoms with van der Waals surface area (Å²) >= 11 is 0. The first-order chi connectivity index (χ1) is 9.47.